The van der Waals surface area contributed by atoms with Gasteiger partial charge in [-0.05, 0) is 24.5 Å². The van der Waals surface area contributed by atoms with Gasteiger partial charge in [0.1, 0.15) is 11.6 Å². The fraction of sp³-hybridized carbons (Fsp3) is 0.353. The lowest BCUT2D eigenvalue weighted by molar-refractivity contribution is 0.0690. The van der Waals surface area contributed by atoms with Gasteiger partial charge in [0.2, 0.25) is 0 Å². The monoisotopic (exact) mass is 328 g/mol. The zero-order chi connectivity index (χ0) is 16.9. The number of carboxylic acids is 1. The van der Waals surface area contributed by atoms with E-state index in [2.05, 4.69) is 26.3 Å². The van der Waals surface area contributed by atoms with Crippen LogP contribution in [0.3, 0.4) is 0 Å². The van der Waals surface area contributed by atoms with Crippen LogP contribution in [0.15, 0.2) is 36.7 Å². The number of carbonyl (C=O) groups is 1. The molecular weight excluding hydrogens is 308 g/mol. The van der Waals surface area contributed by atoms with Crippen LogP contribution in [0.4, 0.5) is 11.5 Å². The minimum absolute atomic E-state index is 0.0521. The number of aromatic carboxylic acids is 1. The van der Waals surface area contributed by atoms with Crippen molar-refractivity contribution in [2.24, 2.45) is 5.92 Å². The first-order valence-electron chi connectivity index (χ1n) is 7.84. The van der Waals surface area contributed by atoms with Crippen molar-refractivity contribution in [2.45, 2.75) is 6.42 Å². The lowest BCUT2D eigenvalue weighted by Crippen LogP contribution is -2.23. The topological polar surface area (TPSA) is 87.6 Å². The highest BCUT2D eigenvalue weighted by molar-refractivity contribution is 5.84. The Morgan fingerprint density at radius 3 is 2.92 bits per heavy atom. The number of nitrogens with zero attached hydrogens (tertiary/aromatic N) is 3. The molecule has 24 heavy (non-hydrogen) atoms. The Hall–Kier alpha value is -2.83. The molecule has 1 fully saturated rings. The van der Waals surface area contributed by atoms with Crippen molar-refractivity contribution in [2.75, 3.05) is 37.0 Å². The largest absolute Gasteiger partial charge is 0.495 e. The molecule has 1 atom stereocenters. The number of methoxy groups -OCH3 is 1. The third kappa shape index (κ3) is 3.56. The molecule has 0 bridgehead atoms. The summed E-state index contributed by atoms with van der Waals surface area (Å²) >= 11 is 0. The number of aromatic nitrogens is 2. The molecule has 0 aliphatic carbocycles. The summed E-state index contributed by atoms with van der Waals surface area (Å²) in [6.07, 6.45) is 3.79. The third-order valence-corrected chi connectivity index (χ3v) is 4.15. The number of nitrogens with one attached hydrogen (secondary N) is 1. The van der Waals surface area contributed by atoms with Gasteiger partial charge in [0.05, 0.1) is 25.2 Å². The van der Waals surface area contributed by atoms with Gasteiger partial charge in [0, 0.05) is 19.6 Å². The van der Waals surface area contributed by atoms with Gasteiger partial charge in [0.25, 0.3) is 0 Å². The first-order chi connectivity index (χ1) is 11.7. The van der Waals surface area contributed by atoms with E-state index in [1.165, 1.54) is 12.4 Å². The van der Waals surface area contributed by atoms with E-state index >= 15 is 0 Å². The van der Waals surface area contributed by atoms with E-state index in [-0.39, 0.29) is 5.69 Å². The Morgan fingerprint density at radius 1 is 1.38 bits per heavy atom. The zero-order valence-electron chi connectivity index (χ0n) is 13.5. The lowest BCUT2D eigenvalue weighted by atomic mass is 10.1. The molecule has 0 radical (unpaired) electrons. The molecular formula is C17H20N4O3. The molecule has 7 nitrogen and oxygen atoms in total. The van der Waals surface area contributed by atoms with Crippen molar-refractivity contribution in [1.29, 1.82) is 0 Å². The molecule has 3 rings (SSSR count). The Bertz CT molecular complexity index is 705. The van der Waals surface area contributed by atoms with Crippen LogP contribution in [0.2, 0.25) is 0 Å². The number of para-hydroxylation sites is 2. The molecule has 0 spiro atoms. The lowest BCUT2D eigenvalue weighted by Gasteiger charge is -2.21. The van der Waals surface area contributed by atoms with Crippen LogP contribution in [0, 0.1) is 5.92 Å². The van der Waals surface area contributed by atoms with Crippen LogP contribution in [0.5, 0.6) is 5.75 Å². The van der Waals surface area contributed by atoms with E-state index in [1.54, 1.807) is 7.11 Å². The van der Waals surface area contributed by atoms with Gasteiger partial charge < -0.3 is 20.1 Å². The maximum atomic E-state index is 10.8. The summed E-state index contributed by atoms with van der Waals surface area (Å²) in [5.74, 6) is 0.894. The van der Waals surface area contributed by atoms with Gasteiger partial charge in [0.15, 0.2) is 5.69 Å². The minimum atomic E-state index is -1.07. The molecule has 7 heteroatoms. The highest BCUT2D eigenvalue weighted by atomic mass is 16.5. The number of rotatable bonds is 6. The highest BCUT2D eigenvalue weighted by Crippen LogP contribution is 2.31. The molecule has 2 heterocycles. The number of carboxylic acid groups (broad SMARTS) is 1. The molecule has 2 aromatic rings. The fourth-order valence-corrected chi connectivity index (χ4v) is 2.89. The molecule has 1 unspecified atom stereocenters. The Balaban J connectivity index is 1.55. The first-order valence-corrected chi connectivity index (χ1v) is 7.84. The molecule has 126 valence electrons. The second-order valence-corrected chi connectivity index (χ2v) is 5.75. The quantitative estimate of drug-likeness (QED) is 0.840. The summed E-state index contributed by atoms with van der Waals surface area (Å²) in [4.78, 5) is 21.0. The van der Waals surface area contributed by atoms with Gasteiger partial charge in [-0.15, -0.1) is 0 Å². The summed E-state index contributed by atoms with van der Waals surface area (Å²) in [6, 6.07) is 8.03. The average molecular weight is 328 g/mol. The van der Waals surface area contributed by atoms with E-state index in [1.807, 2.05) is 18.2 Å². The van der Waals surface area contributed by atoms with Crippen molar-refractivity contribution < 1.29 is 14.6 Å². The van der Waals surface area contributed by atoms with Crippen LogP contribution in [-0.2, 0) is 0 Å². The van der Waals surface area contributed by atoms with E-state index in [0.29, 0.717) is 11.7 Å². The number of benzene rings is 1. The van der Waals surface area contributed by atoms with Crippen molar-refractivity contribution in [1.82, 2.24) is 9.97 Å². The average Bonchev–Trinajstić information content (AvgIpc) is 3.09. The number of anilines is 2. The number of ether oxygens (including phenoxy) is 1. The second kappa shape index (κ2) is 7.16. The maximum absolute atomic E-state index is 10.8. The van der Waals surface area contributed by atoms with Gasteiger partial charge in [-0.2, -0.15) is 0 Å². The van der Waals surface area contributed by atoms with E-state index in [4.69, 9.17) is 9.84 Å². The molecule has 1 aromatic carbocycles. The number of hydrogen-bond donors (Lipinski definition) is 2. The van der Waals surface area contributed by atoms with Crippen molar-refractivity contribution in [3.8, 4) is 5.75 Å². The van der Waals surface area contributed by atoms with Crippen molar-refractivity contribution >= 4 is 17.5 Å². The molecule has 0 saturated carbocycles. The summed E-state index contributed by atoms with van der Waals surface area (Å²) in [7, 11) is 1.69. The van der Waals surface area contributed by atoms with Crippen LogP contribution < -0.4 is 15.0 Å². The Kier molecular flexibility index (Phi) is 4.79. The van der Waals surface area contributed by atoms with Crippen LogP contribution >= 0.6 is 0 Å². The standard InChI is InChI=1S/C17H20N4O3/c1-24-15-5-3-2-4-14(15)21-7-6-12(11-21)8-19-16-10-18-13(9-20-16)17(22)23/h2-5,9-10,12H,6-8,11H2,1H3,(H,19,20)(H,22,23). The van der Waals surface area contributed by atoms with Crippen molar-refractivity contribution in [3.63, 3.8) is 0 Å². The maximum Gasteiger partial charge on any atom is 0.356 e. The Labute approximate surface area is 140 Å². The van der Waals surface area contributed by atoms with Crippen LogP contribution in [0.25, 0.3) is 0 Å². The summed E-state index contributed by atoms with van der Waals surface area (Å²) in [6.45, 7) is 2.69. The number of hydrogen-bond acceptors (Lipinski definition) is 6. The predicted molar refractivity (Wildman–Crippen MR) is 90.8 cm³/mol. The van der Waals surface area contributed by atoms with E-state index in [9.17, 15) is 4.79 Å². The minimum Gasteiger partial charge on any atom is -0.495 e. The summed E-state index contributed by atoms with van der Waals surface area (Å²) in [5.41, 5.74) is 1.07. The van der Waals surface area contributed by atoms with Crippen LogP contribution in [-0.4, -0.2) is 47.8 Å². The Morgan fingerprint density at radius 2 is 2.21 bits per heavy atom. The summed E-state index contributed by atoms with van der Waals surface area (Å²) in [5, 5.41) is 12.0. The molecule has 1 saturated heterocycles. The molecule has 1 aliphatic rings. The normalized spacial score (nSPS) is 16.9. The first kappa shape index (κ1) is 16.0. The highest BCUT2D eigenvalue weighted by Gasteiger charge is 2.24. The zero-order valence-corrected chi connectivity index (χ0v) is 13.5. The molecule has 1 aliphatic heterocycles. The van der Waals surface area contributed by atoms with E-state index < -0.39 is 5.97 Å². The van der Waals surface area contributed by atoms with Crippen molar-refractivity contribution in [3.05, 3.63) is 42.4 Å². The van der Waals surface area contributed by atoms with E-state index in [0.717, 1.165) is 37.5 Å². The molecule has 0 amide bonds. The van der Waals surface area contributed by atoms with Gasteiger partial charge in [-0.1, -0.05) is 12.1 Å². The molecule has 1 aromatic heterocycles. The predicted octanol–water partition coefficient (Wildman–Crippen LogP) is 2.12. The smallest absolute Gasteiger partial charge is 0.356 e. The fourth-order valence-electron chi connectivity index (χ4n) is 2.89. The summed E-state index contributed by atoms with van der Waals surface area (Å²) < 4.78 is 5.43. The second-order valence-electron chi connectivity index (χ2n) is 5.75. The SMILES string of the molecule is COc1ccccc1N1CCC(CNc2cnc(C(=O)O)cn2)C1. The van der Waals surface area contributed by atoms with Gasteiger partial charge >= 0.3 is 5.97 Å². The van der Waals surface area contributed by atoms with Crippen LogP contribution in [0.1, 0.15) is 16.9 Å². The third-order valence-electron chi connectivity index (χ3n) is 4.15. The molecule has 2 N–H and O–H groups in total. The van der Waals surface area contributed by atoms with Gasteiger partial charge in [-0.25, -0.2) is 14.8 Å². The van der Waals surface area contributed by atoms with Gasteiger partial charge in [-0.3, -0.25) is 0 Å².